The molecule has 3 nitrogen and oxygen atoms in total. The zero-order valence-electron chi connectivity index (χ0n) is 5.63. The average molecular weight is 160 g/mol. The van der Waals surface area contributed by atoms with Crippen LogP contribution in [0.5, 0.6) is 0 Å². The van der Waals surface area contributed by atoms with Crippen LogP contribution in [0.25, 0.3) is 0 Å². The standard InChI is InChI=1S/C6H10ClN3/c7-2-1-3-10-4-6(8)9-5-10/h4-5H,1-3,8H2. The van der Waals surface area contributed by atoms with E-state index in [9.17, 15) is 0 Å². The molecule has 0 amide bonds. The molecule has 0 unspecified atom stereocenters. The van der Waals surface area contributed by atoms with Gasteiger partial charge in [-0.25, -0.2) is 4.98 Å². The highest BCUT2D eigenvalue weighted by molar-refractivity contribution is 6.17. The molecule has 0 atom stereocenters. The Morgan fingerprint density at radius 3 is 3.00 bits per heavy atom. The maximum absolute atomic E-state index is 5.49. The molecule has 2 N–H and O–H groups in total. The monoisotopic (exact) mass is 159 g/mol. The van der Waals surface area contributed by atoms with Crippen LogP contribution in [-0.2, 0) is 6.54 Å². The van der Waals surface area contributed by atoms with E-state index in [-0.39, 0.29) is 0 Å². The zero-order valence-corrected chi connectivity index (χ0v) is 6.38. The Balaban J connectivity index is 2.42. The minimum Gasteiger partial charge on any atom is -0.382 e. The van der Waals surface area contributed by atoms with Crippen LogP contribution in [-0.4, -0.2) is 15.4 Å². The molecule has 10 heavy (non-hydrogen) atoms. The van der Waals surface area contributed by atoms with Gasteiger partial charge in [0.15, 0.2) is 0 Å². The predicted octanol–water partition coefficient (Wildman–Crippen LogP) is 1.09. The maximum Gasteiger partial charge on any atom is 0.141 e. The van der Waals surface area contributed by atoms with Gasteiger partial charge in [-0.15, -0.1) is 11.6 Å². The summed E-state index contributed by atoms with van der Waals surface area (Å²) in [7, 11) is 0. The Morgan fingerprint density at radius 1 is 1.70 bits per heavy atom. The fraction of sp³-hybridized carbons (Fsp3) is 0.500. The molecule has 0 aliphatic carbocycles. The summed E-state index contributed by atoms with van der Waals surface area (Å²) in [4.78, 5) is 3.87. The summed E-state index contributed by atoms with van der Waals surface area (Å²) < 4.78 is 1.93. The van der Waals surface area contributed by atoms with E-state index in [0.29, 0.717) is 11.7 Å². The van der Waals surface area contributed by atoms with Crippen LogP contribution in [0, 0.1) is 0 Å². The van der Waals surface area contributed by atoms with E-state index in [4.69, 9.17) is 17.3 Å². The Hall–Kier alpha value is -0.700. The topological polar surface area (TPSA) is 43.8 Å². The number of nitrogens with zero attached hydrogens (tertiary/aromatic N) is 2. The predicted molar refractivity (Wildman–Crippen MR) is 42.0 cm³/mol. The van der Waals surface area contributed by atoms with E-state index < -0.39 is 0 Å². The highest BCUT2D eigenvalue weighted by atomic mass is 35.5. The second kappa shape index (κ2) is 3.46. The second-order valence-corrected chi connectivity index (χ2v) is 2.46. The minimum atomic E-state index is 0.564. The SMILES string of the molecule is Nc1cn(CCCCl)cn1. The summed E-state index contributed by atoms with van der Waals surface area (Å²) >= 11 is 5.49. The molecular weight excluding hydrogens is 150 g/mol. The van der Waals surface area contributed by atoms with Crippen molar-refractivity contribution in [2.45, 2.75) is 13.0 Å². The van der Waals surface area contributed by atoms with E-state index in [1.807, 2.05) is 4.57 Å². The lowest BCUT2D eigenvalue weighted by Crippen LogP contribution is -1.94. The van der Waals surface area contributed by atoms with Gasteiger partial charge in [-0.2, -0.15) is 0 Å². The van der Waals surface area contributed by atoms with Crippen molar-refractivity contribution >= 4 is 17.4 Å². The van der Waals surface area contributed by atoms with Gasteiger partial charge in [0.1, 0.15) is 5.82 Å². The van der Waals surface area contributed by atoms with Crippen LogP contribution in [0.2, 0.25) is 0 Å². The summed E-state index contributed by atoms with van der Waals surface area (Å²) in [6, 6.07) is 0. The lowest BCUT2D eigenvalue weighted by atomic mass is 10.5. The van der Waals surface area contributed by atoms with E-state index >= 15 is 0 Å². The van der Waals surface area contributed by atoms with E-state index in [0.717, 1.165) is 13.0 Å². The van der Waals surface area contributed by atoms with Gasteiger partial charge in [0.05, 0.1) is 6.33 Å². The molecule has 0 aliphatic rings. The third-order valence-corrected chi connectivity index (χ3v) is 1.47. The molecule has 0 bridgehead atoms. The molecule has 1 heterocycles. The van der Waals surface area contributed by atoms with Crippen LogP contribution in [0.1, 0.15) is 6.42 Å². The maximum atomic E-state index is 5.49. The van der Waals surface area contributed by atoms with Gasteiger partial charge in [-0.1, -0.05) is 0 Å². The Kier molecular flexibility index (Phi) is 2.57. The third-order valence-electron chi connectivity index (χ3n) is 1.20. The average Bonchev–Trinajstić information content (AvgIpc) is 2.31. The molecule has 4 heteroatoms. The number of nitrogen functional groups attached to an aromatic ring is 1. The fourth-order valence-electron chi connectivity index (χ4n) is 0.742. The summed E-state index contributed by atoms with van der Waals surface area (Å²) in [5.74, 6) is 1.24. The van der Waals surface area contributed by atoms with Gasteiger partial charge >= 0.3 is 0 Å². The molecule has 0 saturated carbocycles. The summed E-state index contributed by atoms with van der Waals surface area (Å²) in [6.07, 6.45) is 4.46. The highest BCUT2D eigenvalue weighted by Gasteiger charge is 1.91. The molecular formula is C6H10ClN3. The Morgan fingerprint density at radius 2 is 2.50 bits per heavy atom. The number of hydrogen-bond donors (Lipinski definition) is 1. The van der Waals surface area contributed by atoms with Crippen molar-refractivity contribution in [2.24, 2.45) is 0 Å². The Labute approximate surface area is 64.8 Å². The van der Waals surface area contributed by atoms with E-state index in [1.165, 1.54) is 0 Å². The number of alkyl halides is 1. The number of halogens is 1. The molecule has 0 radical (unpaired) electrons. The molecule has 1 aromatic rings. The van der Waals surface area contributed by atoms with Crippen LogP contribution < -0.4 is 5.73 Å². The quantitative estimate of drug-likeness (QED) is 0.672. The van der Waals surface area contributed by atoms with Crippen molar-refractivity contribution in [3.8, 4) is 0 Å². The first-order valence-electron chi connectivity index (χ1n) is 3.16. The van der Waals surface area contributed by atoms with Crippen LogP contribution >= 0.6 is 11.6 Å². The third kappa shape index (κ3) is 1.92. The van der Waals surface area contributed by atoms with Crippen LogP contribution in [0.15, 0.2) is 12.5 Å². The fourth-order valence-corrected chi connectivity index (χ4v) is 0.862. The van der Waals surface area contributed by atoms with Crippen molar-refractivity contribution in [2.75, 3.05) is 11.6 Å². The number of hydrogen-bond acceptors (Lipinski definition) is 2. The molecule has 0 spiro atoms. The van der Waals surface area contributed by atoms with Crippen molar-refractivity contribution in [1.29, 1.82) is 0 Å². The van der Waals surface area contributed by atoms with Gasteiger partial charge in [-0.3, -0.25) is 0 Å². The van der Waals surface area contributed by atoms with Crippen LogP contribution in [0.3, 0.4) is 0 Å². The normalized spacial score (nSPS) is 10.1. The van der Waals surface area contributed by atoms with E-state index in [1.54, 1.807) is 12.5 Å². The van der Waals surface area contributed by atoms with Gasteiger partial charge in [0.2, 0.25) is 0 Å². The van der Waals surface area contributed by atoms with E-state index in [2.05, 4.69) is 4.98 Å². The van der Waals surface area contributed by atoms with Crippen molar-refractivity contribution in [3.63, 3.8) is 0 Å². The molecule has 0 aliphatic heterocycles. The molecule has 56 valence electrons. The van der Waals surface area contributed by atoms with Crippen LogP contribution in [0.4, 0.5) is 5.82 Å². The van der Waals surface area contributed by atoms with Gasteiger partial charge < -0.3 is 10.3 Å². The number of nitrogens with two attached hydrogens (primary N) is 1. The highest BCUT2D eigenvalue weighted by Crippen LogP contribution is 1.98. The largest absolute Gasteiger partial charge is 0.382 e. The van der Waals surface area contributed by atoms with Gasteiger partial charge in [-0.05, 0) is 6.42 Å². The number of imidazole rings is 1. The Bertz CT molecular complexity index is 197. The zero-order chi connectivity index (χ0) is 7.40. The number of anilines is 1. The van der Waals surface area contributed by atoms with Crippen molar-refractivity contribution in [3.05, 3.63) is 12.5 Å². The molecule has 0 aromatic carbocycles. The lowest BCUT2D eigenvalue weighted by Gasteiger charge is -1.95. The smallest absolute Gasteiger partial charge is 0.141 e. The summed E-state index contributed by atoms with van der Waals surface area (Å²) in [5.41, 5.74) is 5.39. The minimum absolute atomic E-state index is 0.564. The lowest BCUT2D eigenvalue weighted by molar-refractivity contribution is 0.682. The van der Waals surface area contributed by atoms with Gasteiger partial charge in [0.25, 0.3) is 0 Å². The second-order valence-electron chi connectivity index (χ2n) is 2.08. The van der Waals surface area contributed by atoms with Crippen molar-refractivity contribution in [1.82, 2.24) is 9.55 Å². The van der Waals surface area contributed by atoms with Crippen molar-refractivity contribution < 1.29 is 0 Å². The first-order valence-corrected chi connectivity index (χ1v) is 3.69. The first kappa shape index (κ1) is 7.41. The number of rotatable bonds is 3. The number of aromatic nitrogens is 2. The van der Waals surface area contributed by atoms with Gasteiger partial charge in [0, 0.05) is 18.6 Å². The molecule has 1 aromatic heterocycles. The first-order chi connectivity index (χ1) is 4.83. The summed E-state index contributed by atoms with van der Waals surface area (Å²) in [5, 5.41) is 0. The molecule has 0 fully saturated rings. The molecule has 0 saturated heterocycles. The molecule has 1 rings (SSSR count). The number of aryl methyl sites for hydroxylation is 1. The summed E-state index contributed by atoms with van der Waals surface area (Å²) in [6.45, 7) is 0.897.